The van der Waals surface area contributed by atoms with E-state index in [0.717, 1.165) is 16.5 Å². The van der Waals surface area contributed by atoms with Gasteiger partial charge in [-0.15, -0.1) is 0 Å². The van der Waals surface area contributed by atoms with Crippen LogP contribution in [0.4, 0.5) is 0 Å². The Balaban J connectivity index is 1.98. The van der Waals surface area contributed by atoms with Crippen molar-refractivity contribution in [2.45, 2.75) is 13.3 Å². The normalized spacial score (nSPS) is 12.2. The van der Waals surface area contributed by atoms with E-state index in [-0.39, 0.29) is 13.2 Å². The van der Waals surface area contributed by atoms with E-state index in [1.54, 1.807) is 26.4 Å². The van der Waals surface area contributed by atoms with Crippen molar-refractivity contribution < 1.29 is 28.8 Å². The summed E-state index contributed by atoms with van der Waals surface area (Å²) in [4.78, 5) is 16.3. The molecule has 0 bridgehead atoms. The molecule has 144 valence electrons. The number of benzene rings is 2. The number of rotatable bonds is 5. The third-order valence-corrected chi connectivity index (χ3v) is 4.85. The highest BCUT2D eigenvalue weighted by Gasteiger charge is 2.21. The summed E-state index contributed by atoms with van der Waals surface area (Å²) in [7, 11) is 3.12. The number of fused-ring (bicyclic) bond motifs is 2. The number of carbonyl (C=O) groups is 1. The number of aliphatic carboxylic acids is 1. The first-order valence-electron chi connectivity index (χ1n) is 8.69. The summed E-state index contributed by atoms with van der Waals surface area (Å²) in [6.07, 6.45) is -0.146. The largest absolute Gasteiger partial charge is 0.493 e. The minimum Gasteiger partial charge on any atom is -0.493 e. The quantitative estimate of drug-likeness (QED) is 0.723. The Hall–Kier alpha value is -3.48. The van der Waals surface area contributed by atoms with Crippen LogP contribution in [0.2, 0.25) is 0 Å². The Morgan fingerprint density at radius 1 is 1.11 bits per heavy atom. The summed E-state index contributed by atoms with van der Waals surface area (Å²) in [5, 5.41) is 10.3. The Labute approximate surface area is 161 Å². The summed E-state index contributed by atoms with van der Waals surface area (Å²) < 4.78 is 21.6. The average Bonchev–Trinajstić information content (AvgIpc) is 3.15. The molecule has 28 heavy (non-hydrogen) atoms. The molecule has 2 aromatic carbocycles. The molecule has 0 saturated carbocycles. The standard InChI is InChI=1S/C21H19NO6/c1-11-13-7-18-19(28-10-27-18)9-15(13)22-21(14(11)8-20(23)24)12-4-5-16(25-2)17(6-12)26-3/h4-7,9H,8,10H2,1-3H3,(H,23,24). The summed E-state index contributed by atoms with van der Waals surface area (Å²) >= 11 is 0. The topological polar surface area (TPSA) is 87.1 Å². The van der Waals surface area contributed by atoms with Crippen molar-refractivity contribution in [2.75, 3.05) is 21.0 Å². The van der Waals surface area contributed by atoms with Crippen LogP contribution in [0.15, 0.2) is 30.3 Å². The first kappa shape index (κ1) is 17.9. The van der Waals surface area contributed by atoms with E-state index in [0.29, 0.717) is 39.8 Å². The second-order valence-corrected chi connectivity index (χ2v) is 6.43. The van der Waals surface area contributed by atoms with Crippen molar-refractivity contribution in [1.82, 2.24) is 4.98 Å². The lowest BCUT2D eigenvalue weighted by atomic mass is 9.95. The lowest BCUT2D eigenvalue weighted by Gasteiger charge is -2.16. The Morgan fingerprint density at radius 3 is 2.50 bits per heavy atom. The van der Waals surface area contributed by atoms with Crippen LogP contribution < -0.4 is 18.9 Å². The molecule has 1 N–H and O–H groups in total. The van der Waals surface area contributed by atoms with E-state index < -0.39 is 5.97 Å². The zero-order chi connectivity index (χ0) is 19.8. The van der Waals surface area contributed by atoms with Crippen LogP contribution in [-0.2, 0) is 11.2 Å². The number of carboxylic acid groups (broad SMARTS) is 1. The highest BCUT2D eigenvalue weighted by Crippen LogP contribution is 2.40. The zero-order valence-electron chi connectivity index (χ0n) is 15.7. The zero-order valence-corrected chi connectivity index (χ0v) is 15.7. The predicted octanol–water partition coefficient (Wildman–Crippen LogP) is 3.58. The maximum atomic E-state index is 11.5. The SMILES string of the molecule is COc1ccc(-c2nc3cc4c(cc3c(C)c2CC(=O)O)OCO4)cc1OC. The van der Waals surface area contributed by atoms with E-state index in [9.17, 15) is 9.90 Å². The monoisotopic (exact) mass is 381 g/mol. The van der Waals surface area contributed by atoms with Gasteiger partial charge in [-0.3, -0.25) is 4.79 Å². The van der Waals surface area contributed by atoms with Crippen molar-refractivity contribution in [1.29, 1.82) is 0 Å². The Bertz CT molecular complexity index is 1090. The van der Waals surface area contributed by atoms with Gasteiger partial charge in [0.1, 0.15) is 0 Å². The van der Waals surface area contributed by atoms with Crippen LogP contribution in [-0.4, -0.2) is 37.1 Å². The Kier molecular flexibility index (Phi) is 4.43. The molecule has 0 unspecified atom stereocenters. The van der Waals surface area contributed by atoms with Gasteiger partial charge in [0.15, 0.2) is 23.0 Å². The molecule has 1 aromatic heterocycles. The molecular formula is C21H19NO6. The average molecular weight is 381 g/mol. The molecule has 2 heterocycles. The molecule has 0 saturated heterocycles. The molecule has 7 nitrogen and oxygen atoms in total. The first-order valence-corrected chi connectivity index (χ1v) is 8.69. The number of aromatic nitrogens is 1. The molecule has 3 aromatic rings. The fourth-order valence-corrected chi connectivity index (χ4v) is 3.44. The van der Waals surface area contributed by atoms with Gasteiger partial charge in [-0.05, 0) is 42.3 Å². The summed E-state index contributed by atoms with van der Waals surface area (Å²) in [5.74, 6) is 1.48. The number of ether oxygens (including phenoxy) is 4. The van der Waals surface area contributed by atoms with E-state index in [2.05, 4.69) is 0 Å². The second-order valence-electron chi connectivity index (χ2n) is 6.43. The van der Waals surface area contributed by atoms with E-state index in [1.165, 1.54) is 0 Å². The van der Waals surface area contributed by atoms with Gasteiger partial charge >= 0.3 is 5.97 Å². The number of nitrogens with zero attached hydrogens (tertiary/aromatic N) is 1. The van der Waals surface area contributed by atoms with Crippen LogP contribution in [0.3, 0.4) is 0 Å². The van der Waals surface area contributed by atoms with Crippen molar-refractivity contribution in [3.05, 3.63) is 41.5 Å². The second kappa shape index (κ2) is 6.92. The predicted molar refractivity (Wildman–Crippen MR) is 102 cm³/mol. The number of aryl methyl sites for hydroxylation is 1. The van der Waals surface area contributed by atoms with E-state index >= 15 is 0 Å². The van der Waals surface area contributed by atoms with Gasteiger partial charge in [-0.1, -0.05) is 0 Å². The van der Waals surface area contributed by atoms with Gasteiger partial charge in [0.25, 0.3) is 0 Å². The van der Waals surface area contributed by atoms with Gasteiger partial charge in [0.2, 0.25) is 6.79 Å². The number of pyridine rings is 1. The number of hydrogen-bond acceptors (Lipinski definition) is 6. The lowest BCUT2D eigenvalue weighted by molar-refractivity contribution is -0.136. The lowest BCUT2D eigenvalue weighted by Crippen LogP contribution is -2.06. The molecular weight excluding hydrogens is 362 g/mol. The molecule has 1 aliphatic rings. The van der Waals surface area contributed by atoms with Crippen LogP contribution in [0.1, 0.15) is 11.1 Å². The molecule has 0 atom stereocenters. The smallest absolute Gasteiger partial charge is 0.307 e. The van der Waals surface area contributed by atoms with Gasteiger partial charge in [-0.25, -0.2) is 4.98 Å². The van der Waals surface area contributed by atoms with Crippen molar-refractivity contribution in [3.63, 3.8) is 0 Å². The fourth-order valence-electron chi connectivity index (χ4n) is 3.44. The highest BCUT2D eigenvalue weighted by atomic mass is 16.7. The summed E-state index contributed by atoms with van der Waals surface area (Å²) in [6, 6.07) is 9.08. The van der Waals surface area contributed by atoms with Crippen LogP contribution in [0.25, 0.3) is 22.2 Å². The Morgan fingerprint density at radius 2 is 1.82 bits per heavy atom. The van der Waals surface area contributed by atoms with Gasteiger partial charge in [0.05, 0.1) is 31.9 Å². The molecule has 0 radical (unpaired) electrons. The molecule has 0 aliphatic carbocycles. The third-order valence-electron chi connectivity index (χ3n) is 4.85. The number of methoxy groups -OCH3 is 2. The molecule has 4 rings (SSSR count). The van der Waals surface area contributed by atoms with E-state index in [4.69, 9.17) is 23.9 Å². The molecule has 0 fully saturated rings. The highest BCUT2D eigenvalue weighted by molar-refractivity contribution is 5.91. The van der Waals surface area contributed by atoms with Gasteiger partial charge in [-0.2, -0.15) is 0 Å². The number of hydrogen-bond donors (Lipinski definition) is 1. The van der Waals surface area contributed by atoms with Crippen molar-refractivity contribution in [3.8, 4) is 34.3 Å². The third kappa shape index (κ3) is 2.94. The van der Waals surface area contributed by atoms with Crippen molar-refractivity contribution in [2.24, 2.45) is 0 Å². The first-order chi connectivity index (χ1) is 13.5. The van der Waals surface area contributed by atoms with Gasteiger partial charge in [0, 0.05) is 17.0 Å². The minimum absolute atomic E-state index is 0.146. The summed E-state index contributed by atoms with van der Waals surface area (Å²) in [5.41, 5.74) is 3.53. The maximum absolute atomic E-state index is 11.5. The van der Waals surface area contributed by atoms with Crippen LogP contribution in [0.5, 0.6) is 23.0 Å². The van der Waals surface area contributed by atoms with Crippen LogP contribution in [0, 0.1) is 6.92 Å². The maximum Gasteiger partial charge on any atom is 0.307 e. The summed E-state index contributed by atoms with van der Waals surface area (Å²) in [6.45, 7) is 2.06. The van der Waals surface area contributed by atoms with Gasteiger partial charge < -0.3 is 24.1 Å². The molecule has 1 aliphatic heterocycles. The van der Waals surface area contributed by atoms with Crippen LogP contribution >= 0.6 is 0 Å². The van der Waals surface area contributed by atoms with Crippen molar-refractivity contribution >= 4 is 16.9 Å². The number of carboxylic acids is 1. The molecule has 7 heteroatoms. The fraction of sp³-hybridized carbons (Fsp3) is 0.238. The molecule has 0 spiro atoms. The minimum atomic E-state index is -0.924. The molecule has 0 amide bonds. The van der Waals surface area contributed by atoms with E-state index in [1.807, 2.05) is 25.1 Å².